The molecule has 3 rings (SSSR count). The number of rotatable bonds is 3. The minimum Gasteiger partial charge on any atom is -0.368 e. The summed E-state index contributed by atoms with van der Waals surface area (Å²) in [5.74, 6) is -0.0735. The van der Waals surface area contributed by atoms with Crippen molar-refractivity contribution in [3.8, 4) is 0 Å². The first-order chi connectivity index (χ1) is 13.3. The van der Waals surface area contributed by atoms with Gasteiger partial charge in [-0.05, 0) is 37.5 Å². The Morgan fingerprint density at radius 1 is 0.929 bits per heavy atom. The van der Waals surface area contributed by atoms with Crippen molar-refractivity contribution in [2.24, 2.45) is 0 Å². The van der Waals surface area contributed by atoms with Crippen molar-refractivity contribution in [3.05, 3.63) is 29.8 Å². The molecular weight excluding hydrogens is 373 g/mol. The van der Waals surface area contributed by atoms with Gasteiger partial charge in [0.1, 0.15) is 0 Å². The summed E-state index contributed by atoms with van der Waals surface area (Å²) in [6.45, 7) is 3.12. The number of urea groups is 1. The van der Waals surface area contributed by atoms with Gasteiger partial charge in [-0.25, -0.2) is 4.79 Å². The SMILES string of the molecule is O=C(CNC(=O)N1CCN(c2cccc(C(F)(F)F)c2)CC1)N1CCCCC1. The van der Waals surface area contributed by atoms with Crippen LogP contribution >= 0.6 is 0 Å². The summed E-state index contributed by atoms with van der Waals surface area (Å²) in [5, 5.41) is 2.66. The monoisotopic (exact) mass is 398 g/mol. The molecule has 2 saturated heterocycles. The van der Waals surface area contributed by atoms with Gasteiger partial charge in [0, 0.05) is 45.0 Å². The molecule has 2 fully saturated rings. The van der Waals surface area contributed by atoms with Gasteiger partial charge >= 0.3 is 12.2 Å². The van der Waals surface area contributed by atoms with E-state index < -0.39 is 11.7 Å². The quantitative estimate of drug-likeness (QED) is 0.852. The lowest BCUT2D eigenvalue weighted by molar-refractivity contribution is -0.137. The molecule has 154 valence electrons. The summed E-state index contributed by atoms with van der Waals surface area (Å²) >= 11 is 0. The topological polar surface area (TPSA) is 55.9 Å². The fourth-order valence-electron chi connectivity index (χ4n) is 3.56. The first-order valence-electron chi connectivity index (χ1n) is 9.57. The summed E-state index contributed by atoms with van der Waals surface area (Å²) < 4.78 is 38.6. The predicted octanol–water partition coefficient (Wildman–Crippen LogP) is 2.55. The largest absolute Gasteiger partial charge is 0.416 e. The van der Waals surface area contributed by atoms with Crippen LogP contribution in [0.15, 0.2) is 24.3 Å². The second-order valence-electron chi connectivity index (χ2n) is 7.12. The minimum atomic E-state index is -4.38. The highest BCUT2D eigenvalue weighted by molar-refractivity contribution is 5.84. The number of piperidine rings is 1. The average Bonchev–Trinajstić information content (AvgIpc) is 2.72. The number of benzene rings is 1. The van der Waals surface area contributed by atoms with Crippen molar-refractivity contribution in [2.75, 3.05) is 50.7 Å². The third-order valence-corrected chi connectivity index (χ3v) is 5.21. The summed E-state index contributed by atoms with van der Waals surface area (Å²) in [5.41, 5.74) is -0.184. The first kappa shape index (κ1) is 20.3. The Bertz CT molecular complexity index is 697. The number of hydrogen-bond donors (Lipinski definition) is 1. The van der Waals surface area contributed by atoms with Crippen molar-refractivity contribution in [2.45, 2.75) is 25.4 Å². The lowest BCUT2D eigenvalue weighted by Crippen LogP contribution is -2.53. The Morgan fingerprint density at radius 2 is 1.61 bits per heavy atom. The van der Waals surface area contributed by atoms with Crippen molar-refractivity contribution in [3.63, 3.8) is 0 Å². The van der Waals surface area contributed by atoms with E-state index in [0.29, 0.717) is 31.9 Å². The van der Waals surface area contributed by atoms with E-state index in [0.717, 1.165) is 44.5 Å². The molecule has 2 aliphatic rings. The van der Waals surface area contributed by atoms with Crippen LogP contribution in [-0.4, -0.2) is 67.6 Å². The zero-order valence-electron chi connectivity index (χ0n) is 15.7. The van der Waals surface area contributed by atoms with Gasteiger partial charge < -0.3 is 20.0 Å². The molecule has 0 aromatic heterocycles. The van der Waals surface area contributed by atoms with Crippen LogP contribution in [0.5, 0.6) is 0 Å². The highest BCUT2D eigenvalue weighted by Crippen LogP contribution is 2.31. The fraction of sp³-hybridized carbons (Fsp3) is 0.579. The van der Waals surface area contributed by atoms with Crippen molar-refractivity contribution >= 4 is 17.6 Å². The van der Waals surface area contributed by atoms with E-state index in [1.165, 1.54) is 6.07 Å². The molecule has 2 heterocycles. The van der Waals surface area contributed by atoms with E-state index in [4.69, 9.17) is 0 Å². The van der Waals surface area contributed by atoms with Crippen molar-refractivity contribution in [1.29, 1.82) is 0 Å². The Labute approximate surface area is 162 Å². The molecule has 28 heavy (non-hydrogen) atoms. The number of carbonyl (C=O) groups excluding carboxylic acids is 2. The number of carbonyl (C=O) groups is 2. The molecule has 0 aliphatic carbocycles. The van der Waals surface area contributed by atoms with Gasteiger partial charge in [0.15, 0.2) is 0 Å². The normalized spacial score (nSPS) is 18.2. The summed E-state index contributed by atoms with van der Waals surface area (Å²) in [6, 6.07) is 4.90. The van der Waals surface area contributed by atoms with Gasteiger partial charge in [0.25, 0.3) is 0 Å². The molecule has 0 spiro atoms. The number of likely N-dealkylation sites (tertiary alicyclic amines) is 1. The molecular formula is C19H25F3N4O2. The molecule has 0 atom stereocenters. The van der Waals surface area contributed by atoms with Crippen LogP contribution in [0.2, 0.25) is 0 Å². The van der Waals surface area contributed by atoms with Gasteiger partial charge in [0.2, 0.25) is 5.91 Å². The van der Waals surface area contributed by atoms with Crippen LogP contribution in [-0.2, 0) is 11.0 Å². The highest BCUT2D eigenvalue weighted by Gasteiger charge is 2.31. The molecule has 6 nitrogen and oxygen atoms in total. The molecule has 0 saturated carbocycles. The number of piperazine rings is 1. The Balaban J connectivity index is 1.47. The standard InChI is InChI=1S/C19H25F3N4O2/c20-19(21,22)15-5-4-6-16(13-15)24-9-11-26(12-10-24)18(28)23-14-17(27)25-7-2-1-3-8-25/h4-6,13H,1-3,7-12,14H2,(H,23,28). The predicted molar refractivity (Wildman–Crippen MR) is 99.1 cm³/mol. The Hall–Kier alpha value is -2.45. The van der Waals surface area contributed by atoms with E-state index in [1.54, 1.807) is 15.9 Å². The maximum absolute atomic E-state index is 12.9. The van der Waals surface area contributed by atoms with Crippen molar-refractivity contribution in [1.82, 2.24) is 15.1 Å². The number of nitrogens with one attached hydrogen (secondary N) is 1. The molecule has 0 unspecified atom stereocenters. The van der Waals surface area contributed by atoms with Crippen LogP contribution in [0.3, 0.4) is 0 Å². The zero-order chi connectivity index (χ0) is 20.1. The van der Waals surface area contributed by atoms with Gasteiger partial charge in [-0.2, -0.15) is 13.2 Å². The highest BCUT2D eigenvalue weighted by atomic mass is 19.4. The van der Waals surface area contributed by atoms with Crippen LogP contribution < -0.4 is 10.2 Å². The van der Waals surface area contributed by atoms with E-state index in [-0.39, 0.29) is 18.5 Å². The number of halogens is 3. The van der Waals surface area contributed by atoms with Crippen LogP contribution in [0.4, 0.5) is 23.7 Å². The summed E-state index contributed by atoms with van der Waals surface area (Å²) in [6.07, 6.45) is -1.25. The molecule has 9 heteroatoms. The molecule has 2 aliphatic heterocycles. The second-order valence-corrected chi connectivity index (χ2v) is 7.12. The fourth-order valence-corrected chi connectivity index (χ4v) is 3.56. The van der Waals surface area contributed by atoms with Crippen molar-refractivity contribution < 1.29 is 22.8 Å². The molecule has 1 N–H and O–H groups in total. The molecule has 1 aromatic carbocycles. The number of hydrogen-bond acceptors (Lipinski definition) is 3. The van der Waals surface area contributed by atoms with Gasteiger partial charge in [-0.3, -0.25) is 4.79 Å². The van der Waals surface area contributed by atoms with E-state index >= 15 is 0 Å². The molecule has 0 radical (unpaired) electrons. The smallest absolute Gasteiger partial charge is 0.368 e. The maximum atomic E-state index is 12.9. The number of amides is 3. The first-order valence-corrected chi connectivity index (χ1v) is 9.57. The van der Waals surface area contributed by atoms with E-state index in [2.05, 4.69) is 5.32 Å². The molecule has 0 bridgehead atoms. The molecule has 3 amide bonds. The van der Waals surface area contributed by atoms with Crippen LogP contribution in [0, 0.1) is 0 Å². The van der Waals surface area contributed by atoms with Gasteiger partial charge in [-0.1, -0.05) is 6.07 Å². The summed E-state index contributed by atoms with van der Waals surface area (Å²) in [4.78, 5) is 29.6. The van der Waals surface area contributed by atoms with Gasteiger partial charge in [0.05, 0.1) is 12.1 Å². The van der Waals surface area contributed by atoms with E-state index in [1.807, 2.05) is 4.90 Å². The third kappa shape index (κ3) is 5.08. The minimum absolute atomic E-state index is 0.0212. The molecule has 1 aromatic rings. The second kappa shape index (κ2) is 8.70. The number of nitrogens with zero attached hydrogens (tertiary/aromatic N) is 3. The Morgan fingerprint density at radius 3 is 2.25 bits per heavy atom. The number of anilines is 1. The Kier molecular flexibility index (Phi) is 6.31. The van der Waals surface area contributed by atoms with Crippen LogP contribution in [0.1, 0.15) is 24.8 Å². The summed E-state index contributed by atoms with van der Waals surface area (Å²) in [7, 11) is 0. The zero-order valence-corrected chi connectivity index (χ0v) is 15.7. The van der Waals surface area contributed by atoms with Gasteiger partial charge in [-0.15, -0.1) is 0 Å². The lowest BCUT2D eigenvalue weighted by Gasteiger charge is -2.36. The average molecular weight is 398 g/mol. The lowest BCUT2D eigenvalue weighted by atomic mass is 10.1. The van der Waals surface area contributed by atoms with Crippen LogP contribution in [0.25, 0.3) is 0 Å². The maximum Gasteiger partial charge on any atom is 0.416 e. The third-order valence-electron chi connectivity index (χ3n) is 5.21. The van der Waals surface area contributed by atoms with E-state index in [9.17, 15) is 22.8 Å². The number of alkyl halides is 3.